The van der Waals surface area contributed by atoms with Crippen LogP contribution in [0.4, 0.5) is 0 Å². The fourth-order valence-corrected chi connectivity index (χ4v) is 4.89. The van der Waals surface area contributed by atoms with E-state index in [-0.39, 0.29) is 41.4 Å². The molecule has 6 atom stereocenters. The van der Waals surface area contributed by atoms with Crippen LogP contribution < -0.4 is 0 Å². The highest BCUT2D eigenvalue weighted by atomic mass is 16.6. The first kappa shape index (κ1) is 25.4. The van der Waals surface area contributed by atoms with Gasteiger partial charge in [-0.25, -0.2) is 4.79 Å². The Morgan fingerprint density at radius 3 is 2.27 bits per heavy atom. The van der Waals surface area contributed by atoms with E-state index in [0.717, 1.165) is 19.3 Å². The molecule has 1 aliphatic carbocycles. The standard InChI is InChI=1S/C28H38O5/c1-6-7-8-9-10-11-12-13-14-15-24(29)32-22-18-19-28(20-31-28)26(25(22)30-5)27(4)23(33-27)17-16-21(2)3/h6-16,22-23,25-26H,17-20H2,1-5H3/b7-6+,9-8+,11-10+,13-12+,15-14+/t22-,23-,25-,26?,27?,28+/m1/s1. The number of hydrogen-bond acceptors (Lipinski definition) is 5. The van der Waals surface area contributed by atoms with Crippen LogP contribution in [0, 0.1) is 5.92 Å². The summed E-state index contributed by atoms with van der Waals surface area (Å²) in [4.78, 5) is 12.5. The zero-order chi connectivity index (χ0) is 23.9. The molecule has 2 heterocycles. The van der Waals surface area contributed by atoms with Crippen molar-refractivity contribution in [2.24, 2.45) is 5.92 Å². The number of esters is 1. The number of rotatable bonds is 10. The monoisotopic (exact) mass is 454 g/mol. The molecule has 2 aliphatic heterocycles. The second-order valence-electron chi connectivity index (χ2n) is 9.39. The number of epoxide rings is 2. The van der Waals surface area contributed by atoms with Gasteiger partial charge in [0.25, 0.3) is 0 Å². The van der Waals surface area contributed by atoms with Gasteiger partial charge in [0.15, 0.2) is 0 Å². The topological polar surface area (TPSA) is 60.6 Å². The zero-order valence-electron chi connectivity index (χ0n) is 20.5. The molecule has 3 rings (SSSR count). The summed E-state index contributed by atoms with van der Waals surface area (Å²) in [5.41, 5.74) is 0.732. The quantitative estimate of drug-likeness (QED) is 0.145. The van der Waals surface area contributed by atoms with E-state index >= 15 is 0 Å². The molecule has 3 aliphatic rings. The van der Waals surface area contributed by atoms with E-state index in [1.807, 2.05) is 49.5 Å². The molecule has 0 N–H and O–H groups in total. The Morgan fingerprint density at radius 1 is 1.06 bits per heavy atom. The van der Waals surface area contributed by atoms with Gasteiger partial charge in [0, 0.05) is 13.2 Å². The van der Waals surface area contributed by atoms with E-state index in [1.165, 1.54) is 11.6 Å². The van der Waals surface area contributed by atoms with Crippen LogP contribution in [0.2, 0.25) is 0 Å². The highest BCUT2D eigenvalue weighted by Gasteiger charge is 2.72. The Kier molecular flexibility index (Phi) is 8.69. The number of hydrogen-bond donors (Lipinski definition) is 0. The Morgan fingerprint density at radius 2 is 1.70 bits per heavy atom. The molecule has 0 aromatic heterocycles. The van der Waals surface area contributed by atoms with Gasteiger partial charge in [-0.15, -0.1) is 0 Å². The van der Waals surface area contributed by atoms with Gasteiger partial charge < -0.3 is 18.9 Å². The van der Waals surface area contributed by atoms with Crippen molar-refractivity contribution in [1.29, 1.82) is 0 Å². The van der Waals surface area contributed by atoms with E-state index in [1.54, 1.807) is 19.3 Å². The van der Waals surface area contributed by atoms with Crippen LogP contribution in [-0.4, -0.2) is 49.2 Å². The van der Waals surface area contributed by atoms with Crippen LogP contribution in [0.1, 0.15) is 47.0 Å². The molecule has 0 aromatic rings. The first-order chi connectivity index (χ1) is 15.9. The minimum Gasteiger partial charge on any atom is -0.456 e. The van der Waals surface area contributed by atoms with Crippen molar-refractivity contribution in [3.8, 4) is 0 Å². The average molecular weight is 455 g/mol. The van der Waals surface area contributed by atoms with Crippen molar-refractivity contribution in [2.45, 2.75) is 76.5 Å². The van der Waals surface area contributed by atoms with Crippen molar-refractivity contribution >= 4 is 5.97 Å². The summed E-state index contributed by atoms with van der Waals surface area (Å²) in [6.07, 6.45) is 22.7. The SMILES string of the molecule is C/C=C/C=C/C=C/C=C/C=C/C(=O)O[C@@H]1CC[C@]2(CO2)C(C2(C)O[C@@H]2CC=C(C)C)[C@@H]1OC. The van der Waals surface area contributed by atoms with Crippen molar-refractivity contribution in [2.75, 3.05) is 13.7 Å². The highest BCUT2D eigenvalue weighted by Crippen LogP contribution is 2.59. The minimum atomic E-state index is -0.363. The molecule has 2 saturated heterocycles. The normalized spacial score (nSPS) is 36.0. The van der Waals surface area contributed by atoms with Crippen molar-refractivity contribution in [3.63, 3.8) is 0 Å². The molecular weight excluding hydrogens is 416 g/mol. The van der Waals surface area contributed by atoms with Crippen molar-refractivity contribution in [3.05, 3.63) is 72.4 Å². The first-order valence-electron chi connectivity index (χ1n) is 11.8. The fourth-order valence-electron chi connectivity index (χ4n) is 4.89. The van der Waals surface area contributed by atoms with E-state index in [2.05, 4.69) is 26.8 Å². The number of ether oxygens (including phenoxy) is 4. The van der Waals surface area contributed by atoms with Crippen LogP contribution in [-0.2, 0) is 23.7 Å². The molecule has 0 bridgehead atoms. The summed E-state index contributed by atoms with van der Waals surface area (Å²) in [6, 6.07) is 0. The molecule has 0 aromatic carbocycles. The second kappa shape index (κ2) is 11.3. The number of allylic oxidation sites excluding steroid dienone is 10. The van der Waals surface area contributed by atoms with Gasteiger partial charge in [0.1, 0.15) is 23.4 Å². The molecule has 2 unspecified atom stereocenters. The average Bonchev–Trinajstić information content (AvgIpc) is 3.69. The first-order valence-corrected chi connectivity index (χ1v) is 11.8. The summed E-state index contributed by atoms with van der Waals surface area (Å²) in [6.45, 7) is 9.03. The zero-order valence-corrected chi connectivity index (χ0v) is 20.5. The predicted molar refractivity (Wildman–Crippen MR) is 131 cm³/mol. The molecular formula is C28H38O5. The van der Waals surface area contributed by atoms with Crippen molar-refractivity contribution < 1.29 is 23.7 Å². The van der Waals surface area contributed by atoms with Gasteiger partial charge in [0.05, 0.1) is 18.6 Å². The Hall–Kier alpha value is -2.21. The van der Waals surface area contributed by atoms with Crippen LogP contribution >= 0.6 is 0 Å². The third kappa shape index (κ3) is 6.44. The van der Waals surface area contributed by atoms with Gasteiger partial charge in [-0.2, -0.15) is 0 Å². The molecule has 5 nitrogen and oxygen atoms in total. The fraction of sp³-hybridized carbons (Fsp3) is 0.536. The summed E-state index contributed by atoms with van der Waals surface area (Å²) in [5, 5.41) is 0. The van der Waals surface area contributed by atoms with Crippen LogP contribution in [0.15, 0.2) is 72.4 Å². The minimum absolute atomic E-state index is 0.0294. The largest absolute Gasteiger partial charge is 0.456 e. The molecule has 5 heteroatoms. The van der Waals surface area contributed by atoms with Crippen molar-refractivity contribution in [1.82, 2.24) is 0 Å². The van der Waals surface area contributed by atoms with E-state index in [0.29, 0.717) is 6.61 Å². The molecule has 1 spiro atoms. The molecule has 180 valence electrons. The maximum atomic E-state index is 12.5. The van der Waals surface area contributed by atoms with Crippen LogP contribution in [0.3, 0.4) is 0 Å². The lowest BCUT2D eigenvalue weighted by Gasteiger charge is -2.42. The Labute approximate surface area is 198 Å². The smallest absolute Gasteiger partial charge is 0.331 e. The van der Waals surface area contributed by atoms with E-state index < -0.39 is 0 Å². The van der Waals surface area contributed by atoms with Crippen LogP contribution in [0.25, 0.3) is 0 Å². The van der Waals surface area contributed by atoms with Crippen LogP contribution in [0.5, 0.6) is 0 Å². The Bertz CT molecular complexity index is 854. The second-order valence-corrected chi connectivity index (χ2v) is 9.39. The van der Waals surface area contributed by atoms with Gasteiger partial charge >= 0.3 is 5.97 Å². The molecule has 0 radical (unpaired) electrons. The number of methoxy groups -OCH3 is 1. The Balaban J connectivity index is 1.59. The lowest BCUT2D eigenvalue weighted by Crippen LogP contribution is -2.55. The third-order valence-corrected chi connectivity index (χ3v) is 6.71. The summed E-state index contributed by atoms with van der Waals surface area (Å²) >= 11 is 0. The maximum Gasteiger partial charge on any atom is 0.331 e. The molecule has 0 amide bonds. The lowest BCUT2D eigenvalue weighted by atomic mass is 9.68. The highest BCUT2D eigenvalue weighted by molar-refractivity contribution is 5.82. The number of carbonyl (C=O) groups excluding carboxylic acids is 1. The van der Waals surface area contributed by atoms with Gasteiger partial charge in [-0.1, -0.05) is 66.3 Å². The lowest BCUT2D eigenvalue weighted by molar-refractivity contribution is -0.166. The van der Waals surface area contributed by atoms with Gasteiger partial charge in [-0.05, 0) is 47.0 Å². The van der Waals surface area contributed by atoms with E-state index in [9.17, 15) is 4.79 Å². The molecule has 3 fully saturated rings. The summed E-state index contributed by atoms with van der Waals surface area (Å²) < 4.78 is 23.9. The van der Waals surface area contributed by atoms with Gasteiger partial charge in [0.2, 0.25) is 0 Å². The predicted octanol–water partition coefficient (Wildman–Crippen LogP) is 5.41. The summed E-state index contributed by atoms with van der Waals surface area (Å²) in [5.74, 6) is -0.334. The van der Waals surface area contributed by atoms with Gasteiger partial charge in [-0.3, -0.25) is 0 Å². The maximum absolute atomic E-state index is 12.5. The molecule has 33 heavy (non-hydrogen) atoms. The van der Waals surface area contributed by atoms with E-state index in [4.69, 9.17) is 18.9 Å². The summed E-state index contributed by atoms with van der Waals surface area (Å²) in [7, 11) is 1.69. The number of carbonyl (C=O) groups is 1. The molecule has 1 saturated carbocycles. The third-order valence-electron chi connectivity index (χ3n) is 6.71.